The lowest BCUT2D eigenvalue weighted by atomic mass is 10.0. The molecule has 1 saturated heterocycles. The second-order valence-electron chi connectivity index (χ2n) is 8.27. The minimum atomic E-state index is -4.47. The summed E-state index contributed by atoms with van der Waals surface area (Å²) >= 11 is 0. The van der Waals surface area contributed by atoms with Gasteiger partial charge in [-0.05, 0) is 42.3 Å². The van der Waals surface area contributed by atoms with E-state index < -0.39 is 23.5 Å². The van der Waals surface area contributed by atoms with Gasteiger partial charge in [-0.1, -0.05) is 13.3 Å². The van der Waals surface area contributed by atoms with Crippen LogP contribution >= 0.6 is 0 Å². The predicted octanol–water partition coefficient (Wildman–Crippen LogP) is 4.32. The molecule has 3 heterocycles. The number of pyridine rings is 1. The van der Waals surface area contributed by atoms with E-state index in [1.54, 1.807) is 11.0 Å². The topological polar surface area (TPSA) is 104 Å². The molecule has 3 N–H and O–H groups in total. The Balaban J connectivity index is 1.39. The number of carbonyl (C=O) groups excluding carboxylic acids is 1. The quantitative estimate of drug-likeness (QED) is 0.299. The van der Waals surface area contributed by atoms with E-state index in [-0.39, 0.29) is 23.1 Å². The number of halogens is 4. The van der Waals surface area contributed by atoms with Crippen LogP contribution in [-0.2, 0) is 17.3 Å². The van der Waals surface area contributed by atoms with Gasteiger partial charge in [-0.25, -0.2) is 14.4 Å². The second kappa shape index (κ2) is 11.4. The van der Waals surface area contributed by atoms with Gasteiger partial charge in [0.15, 0.2) is 11.6 Å². The van der Waals surface area contributed by atoms with Crippen molar-refractivity contribution in [3.63, 3.8) is 0 Å². The smallest absolute Gasteiger partial charge is 0.378 e. The molecular formula is C24H25F4N7O2. The molecule has 1 aliphatic rings. The summed E-state index contributed by atoms with van der Waals surface area (Å²) in [6, 6.07) is 6.74. The van der Waals surface area contributed by atoms with Crippen LogP contribution in [0, 0.1) is 5.82 Å². The first-order valence-electron chi connectivity index (χ1n) is 11.6. The third kappa shape index (κ3) is 6.82. The van der Waals surface area contributed by atoms with Crippen LogP contribution in [0.3, 0.4) is 0 Å². The zero-order valence-electron chi connectivity index (χ0n) is 19.9. The molecule has 13 heteroatoms. The molecule has 0 radical (unpaired) electrons. The molecule has 2 aromatic heterocycles. The number of rotatable bonds is 8. The highest BCUT2D eigenvalue weighted by molar-refractivity contribution is 5.93. The van der Waals surface area contributed by atoms with Gasteiger partial charge < -0.3 is 15.0 Å². The Bertz CT molecular complexity index is 1230. The van der Waals surface area contributed by atoms with Gasteiger partial charge >= 0.3 is 6.18 Å². The number of ether oxygens (including phenoxy) is 1. The number of anilines is 4. The highest BCUT2D eigenvalue weighted by Crippen LogP contribution is 2.33. The van der Waals surface area contributed by atoms with Gasteiger partial charge in [0.05, 0.1) is 36.9 Å². The van der Waals surface area contributed by atoms with Gasteiger partial charge in [-0.2, -0.15) is 18.2 Å². The molecule has 0 aliphatic carbocycles. The molecular weight excluding hydrogens is 494 g/mol. The number of nitrogens with zero attached hydrogens (tertiary/aromatic N) is 4. The first-order valence-corrected chi connectivity index (χ1v) is 11.6. The largest absolute Gasteiger partial charge is 0.416 e. The molecule has 3 aromatic rings. The SMILES string of the molecule is CCCc1cc(Nc2ccc(C(=O)NNc3ncc(F)c(N4CCOCC4)n3)nc2)cc(C(F)(F)F)c1. The van der Waals surface area contributed by atoms with E-state index in [0.717, 1.165) is 18.3 Å². The summed E-state index contributed by atoms with van der Waals surface area (Å²) in [4.78, 5) is 26.2. The summed E-state index contributed by atoms with van der Waals surface area (Å²) in [6.07, 6.45) is -0.915. The molecule has 1 aromatic carbocycles. The monoisotopic (exact) mass is 519 g/mol. The lowest BCUT2D eigenvalue weighted by Crippen LogP contribution is -2.38. The number of alkyl halides is 3. The predicted molar refractivity (Wildman–Crippen MR) is 129 cm³/mol. The molecule has 196 valence electrons. The standard InChI is InChI=1S/C24H25F4N7O2/c1-2-3-15-10-16(24(26,27)28)12-18(11-15)31-17-4-5-20(29-13-17)22(36)33-34-23-30-14-19(25)21(32-23)35-6-8-37-9-7-35/h4-5,10-14,31H,2-3,6-9H2,1H3,(H,33,36)(H,30,32,34). The first-order chi connectivity index (χ1) is 17.7. The molecule has 4 rings (SSSR count). The zero-order valence-corrected chi connectivity index (χ0v) is 19.9. The van der Waals surface area contributed by atoms with Gasteiger partial charge in [0.2, 0.25) is 5.95 Å². The van der Waals surface area contributed by atoms with Crippen LogP contribution in [0.1, 0.15) is 35.0 Å². The van der Waals surface area contributed by atoms with Gasteiger partial charge in [0, 0.05) is 18.8 Å². The number of nitrogens with one attached hydrogen (secondary N) is 3. The number of amides is 1. The maximum absolute atomic E-state index is 14.2. The molecule has 0 unspecified atom stereocenters. The minimum Gasteiger partial charge on any atom is -0.378 e. The Labute approximate surface area is 210 Å². The van der Waals surface area contributed by atoms with Crippen molar-refractivity contribution in [3.8, 4) is 0 Å². The van der Waals surface area contributed by atoms with Crippen molar-refractivity contribution >= 4 is 29.0 Å². The Morgan fingerprint density at radius 1 is 1.08 bits per heavy atom. The van der Waals surface area contributed by atoms with E-state index in [0.29, 0.717) is 50.4 Å². The Kier molecular flexibility index (Phi) is 8.01. The average Bonchev–Trinajstić information content (AvgIpc) is 2.88. The molecule has 0 saturated carbocycles. The summed E-state index contributed by atoms with van der Waals surface area (Å²) in [5.41, 5.74) is 5.46. The fourth-order valence-electron chi connectivity index (χ4n) is 3.72. The van der Waals surface area contributed by atoms with Crippen LogP contribution in [0.5, 0.6) is 0 Å². The zero-order chi connectivity index (χ0) is 26.4. The summed E-state index contributed by atoms with van der Waals surface area (Å²) in [7, 11) is 0. The van der Waals surface area contributed by atoms with Crippen molar-refractivity contribution in [3.05, 3.63) is 65.4 Å². The normalized spacial score (nSPS) is 13.8. The highest BCUT2D eigenvalue weighted by atomic mass is 19.4. The third-order valence-electron chi connectivity index (χ3n) is 5.47. The summed E-state index contributed by atoms with van der Waals surface area (Å²) in [6.45, 7) is 3.75. The van der Waals surface area contributed by atoms with Crippen LogP contribution in [0.4, 0.5) is 40.7 Å². The number of morpholine rings is 1. The first kappa shape index (κ1) is 26.1. The summed E-state index contributed by atoms with van der Waals surface area (Å²) in [5.74, 6) is -1.12. The molecule has 37 heavy (non-hydrogen) atoms. The molecule has 1 aliphatic heterocycles. The molecule has 9 nitrogen and oxygen atoms in total. The van der Waals surface area contributed by atoms with E-state index in [1.165, 1.54) is 18.3 Å². The van der Waals surface area contributed by atoms with Crippen LogP contribution < -0.4 is 21.1 Å². The number of hydrogen-bond acceptors (Lipinski definition) is 8. The summed E-state index contributed by atoms with van der Waals surface area (Å²) < 4.78 is 59.2. The van der Waals surface area contributed by atoms with Gasteiger partial charge in [-0.3, -0.25) is 15.6 Å². The number of benzene rings is 1. The van der Waals surface area contributed by atoms with Crippen molar-refractivity contribution in [2.24, 2.45) is 0 Å². The molecule has 0 spiro atoms. The van der Waals surface area contributed by atoms with Crippen molar-refractivity contribution < 1.29 is 27.1 Å². The number of aromatic nitrogens is 3. The number of carbonyl (C=O) groups is 1. The summed E-state index contributed by atoms with van der Waals surface area (Å²) in [5, 5.41) is 2.90. The molecule has 1 fully saturated rings. The number of hydrazine groups is 1. The fraction of sp³-hybridized carbons (Fsp3) is 0.333. The van der Waals surface area contributed by atoms with Gasteiger partial charge in [0.25, 0.3) is 5.91 Å². The lowest BCUT2D eigenvalue weighted by molar-refractivity contribution is -0.137. The maximum atomic E-state index is 14.2. The van der Waals surface area contributed by atoms with E-state index >= 15 is 0 Å². The Morgan fingerprint density at radius 2 is 1.86 bits per heavy atom. The van der Waals surface area contributed by atoms with Crippen LogP contribution in [0.25, 0.3) is 0 Å². The van der Waals surface area contributed by atoms with Crippen molar-refractivity contribution in [2.45, 2.75) is 25.9 Å². The highest BCUT2D eigenvalue weighted by Gasteiger charge is 2.31. The molecule has 1 amide bonds. The van der Waals surface area contributed by atoms with Gasteiger partial charge in [0.1, 0.15) is 5.69 Å². The average molecular weight is 520 g/mol. The van der Waals surface area contributed by atoms with Crippen LogP contribution in [0.2, 0.25) is 0 Å². The Hall–Kier alpha value is -4.00. The molecule has 0 bridgehead atoms. The third-order valence-corrected chi connectivity index (χ3v) is 5.47. The second-order valence-corrected chi connectivity index (χ2v) is 8.27. The van der Waals surface area contributed by atoms with E-state index in [9.17, 15) is 22.4 Å². The van der Waals surface area contributed by atoms with E-state index in [4.69, 9.17) is 4.74 Å². The van der Waals surface area contributed by atoms with Crippen molar-refractivity contribution in [1.82, 2.24) is 20.4 Å². The van der Waals surface area contributed by atoms with Crippen molar-refractivity contribution in [1.29, 1.82) is 0 Å². The maximum Gasteiger partial charge on any atom is 0.416 e. The van der Waals surface area contributed by atoms with Crippen molar-refractivity contribution in [2.75, 3.05) is 41.9 Å². The fourth-order valence-corrected chi connectivity index (χ4v) is 3.72. The minimum absolute atomic E-state index is 0.0121. The number of aryl methyl sites for hydroxylation is 1. The lowest BCUT2D eigenvalue weighted by Gasteiger charge is -2.28. The van der Waals surface area contributed by atoms with Crippen LogP contribution in [-0.4, -0.2) is 47.2 Å². The number of hydrogen-bond donors (Lipinski definition) is 3. The molecule has 0 atom stereocenters. The Morgan fingerprint density at radius 3 is 2.54 bits per heavy atom. The van der Waals surface area contributed by atoms with Gasteiger partial charge in [-0.15, -0.1) is 0 Å². The van der Waals surface area contributed by atoms with E-state index in [1.807, 2.05) is 6.92 Å². The van der Waals surface area contributed by atoms with Crippen LogP contribution in [0.15, 0.2) is 42.7 Å². The van der Waals surface area contributed by atoms with E-state index in [2.05, 4.69) is 31.1 Å².